The number of hydrogen-bond donors (Lipinski definition) is 1. The molecule has 1 saturated carbocycles. The van der Waals surface area contributed by atoms with Crippen LogP contribution in [-0.2, 0) is 4.79 Å². The molecule has 1 aliphatic carbocycles. The summed E-state index contributed by atoms with van der Waals surface area (Å²) >= 11 is 0. The molecule has 2 atom stereocenters. The third-order valence-corrected chi connectivity index (χ3v) is 3.76. The molecule has 1 rings (SSSR count). The highest BCUT2D eigenvalue weighted by Gasteiger charge is 2.25. The normalized spacial score (nSPS) is 26.4. The van der Waals surface area contributed by atoms with Crippen LogP contribution in [0.1, 0.15) is 71.1 Å². The first-order valence-electron chi connectivity index (χ1n) is 7.04. The van der Waals surface area contributed by atoms with Gasteiger partial charge in [-0.15, -0.1) is 0 Å². The Balaban J connectivity index is 2.27. The molecule has 94 valence electrons. The summed E-state index contributed by atoms with van der Waals surface area (Å²) in [6, 6.07) is 0.140. The van der Waals surface area contributed by atoms with Crippen LogP contribution in [0.5, 0.6) is 0 Å². The molecule has 1 aliphatic rings. The van der Waals surface area contributed by atoms with Crippen molar-refractivity contribution in [1.82, 2.24) is 0 Å². The number of Topliss-reactive ketones (excluding diaryl/α,β-unsaturated/α-hetero) is 1. The first kappa shape index (κ1) is 13.7. The number of nitrogens with two attached hydrogens (primary N) is 1. The van der Waals surface area contributed by atoms with Crippen LogP contribution in [0.2, 0.25) is 0 Å². The van der Waals surface area contributed by atoms with E-state index in [1.165, 1.54) is 38.5 Å². The molecule has 0 spiro atoms. The molecular formula is C14H27NO. The van der Waals surface area contributed by atoms with Crippen LogP contribution in [0.15, 0.2) is 0 Å². The van der Waals surface area contributed by atoms with Gasteiger partial charge >= 0.3 is 0 Å². The van der Waals surface area contributed by atoms with Crippen LogP contribution in [0.4, 0.5) is 0 Å². The maximum Gasteiger partial charge on any atom is 0.137 e. The predicted octanol–water partition coefficient (Wildman–Crippen LogP) is 3.43. The first-order valence-corrected chi connectivity index (χ1v) is 7.04. The van der Waals surface area contributed by atoms with Gasteiger partial charge in [-0.3, -0.25) is 4.79 Å². The molecule has 0 aromatic carbocycles. The Morgan fingerprint density at radius 3 is 2.62 bits per heavy atom. The molecule has 0 bridgehead atoms. The summed E-state index contributed by atoms with van der Waals surface area (Å²) in [6.45, 7) is 2.20. The number of ketones is 1. The molecule has 2 nitrogen and oxygen atoms in total. The molecule has 2 N–H and O–H groups in total. The van der Waals surface area contributed by atoms with Gasteiger partial charge in [0, 0.05) is 18.4 Å². The topological polar surface area (TPSA) is 43.1 Å². The molecule has 16 heavy (non-hydrogen) atoms. The number of carbonyl (C=O) groups excluding carboxylic acids is 1. The van der Waals surface area contributed by atoms with Crippen molar-refractivity contribution in [2.75, 3.05) is 0 Å². The third kappa shape index (κ3) is 4.65. The molecule has 0 saturated heterocycles. The standard InChI is InChI=1S/C14H27NO/c1-2-3-4-8-11-14(16)12-9-6-5-7-10-13(12)15/h12-13H,2-11,15H2,1H3. The summed E-state index contributed by atoms with van der Waals surface area (Å²) < 4.78 is 0. The van der Waals surface area contributed by atoms with E-state index in [9.17, 15) is 4.79 Å². The molecule has 0 heterocycles. The molecular weight excluding hydrogens is 198 g/mol. The van der Waals surface area contributed by atoms with E-state index in [0.717, 1.165) is 25.7 Å². The number of unbranched alkanes of at least 4 members (excludes halogenated alkanes) is 3. The van der Waals surface area contributed by atoms with E-state index in [1.54, 1.807) is 0 Å². The van der Waals surface area contributed by atoms with Gasteiger partial charge in [0.1, 0.15) is 5.78 Å². The smallest absolute Gasteiger partial charge is 0.137 e. The number of rotatable bonds is 6. The Morgan fingerprint density at radius 1 is 1.12 bits per heavy atom. The van der Waals surface area contributed by atoms with Gasteiger partial charge < -0.3 is 5.73 Å². The summed E-state index contributed by atoms with van der Waals surface area (Å²) in [6.07, 6.45) is 11.3. The number of carbonyl (C=O) groups is 1. The zero-order valence-electron chi connectivity index (χ0n) is 10.7. The molecule has 0 radical (unpaired) electrons. The van der Waals surface area contributed by atoms with Gasteiger partial charge in [0.05, 0.1) is 0 Å². The van der Waals surface area contributed by atoms with E-state index < -0.39 is 0 Å². The monoisotopic (exact) mass is 225 g/mol. The Hall–Kier alpha value is -0.370. The van der Waals surface area contributed by atoms with Crippen LogP contribution >= 0.6 is 0 Å². The van der Waals surface area contributed by atoms with Crippen LogP contribution in [0, 0.1) is 5.92 Å². The van der Waals surface area contributed by atoms with Crippen molar-refractivity contribution in [2.45, 2.75) is 77.2 Å². The second-order valence-corrected chi connectivity index (χ2v) is 5.19. The zero-order chi connectivity index (χ0) is 11.8. The van der Waals surface area contributed by atoms with Gasteiger partial charge in [0.2, 0.25) is 0 Å². The fourth-order valence-corrected chi connectivity index (χ4v) is 2.65. The molecule has 0 amide bonds. The second kappa shape index (κ2) is 7.83. The predicted molar refractivity (Wildman–Crippen MR) is 68.3 cm³/mol. The van der Waals surface area contributed by atoms with Crippen LogP contribution in [-0.4, -0.2) is 11.8 Å². The summed E-state index contributed by atoms with van der Waals surface area (Å²) in [5.74, 6) is 0.606. The second-order valence-electron chi connectivity index (χ2n) is 5.19. The fourth-order valence-electron chi connectivity index (χ4n) is 2.65. The Morgan fingerprint density at radius 2 is 1.88 bits per heavy atom. The van der Waals surface area contributed by atoms with Crippen molar-refractivity contribution in [3.63, 3.8) is 0 Å². The van der Waals surface area contributed by atoms with Crippen LogP contribution in [0.25, 0.3) is 0 Å². The van der Waals surface area contributed by atoms with Crippen molar-refractivity contribution < 1.29 is 4.79 Å². The van der Waals surface area contributed by atoms with Gasteiger partial charge in [-0.1, -0.05) is 45.4 Å². The molecule has 0 aromatic heterocycles. The van der Waals surface area contributed by atoms with Crippen molar-refractivity contribution in [3.05, 3.63) is 0 Å². The van der Waals surface area contributed by atoms with Crippen LogP contribution < -0.4 is 5.73 Å². The van der Waals surface area contributed by atoms with E-state index in [4.69, 9.17) is 5.73 Å². The maximum absolute atomic E-state index is 12.0. The fraction of sp³-hybridized carbons (Fsp3) is 0.929. The Bertz CT molecular complexity index is 203. The Labute approximate surface area is 100.0 Å². The lowest BCUT2D eigenvalue weighted by Crippen LogP contribution is -2.34. The minimum atomic E-state index is 0.140. The average molecular weight is 225 g/mol. The largest absolute Gasteiger partial charge is 0.327 e. The summed E-state index contributed by atoms with van der Waals surface area (Å²) in [5.41, 5.74) is 6.09. The molecule has 2 unspecified atom stereocenters. The third-order valence-electron chi connectivity index (χ3n) is 3.76. The minimum absolute atomic E-state index is 0.140. The van der Waals surface area contributed by atoms with Gasteiger partial charge in [0.25, 0.3) is 0 Å². The summed E-state index contributed by atoms with van der Waals surface area (Å²) in [4.78, 5) is 12.0. The SMILES string of the molecule is CCCCCCC(=O)C1CCCCCC1N. The van der Waals surface area contributed by atoms with Crippen molar-refractivity contribution in [1.29, 1.82) is 0 Å². The van der Waals surface area contributed by atoms with Gasteiger partial charge in [-0.25, -0.2) is 0 Å². The average Bonchev–Trinajstić information content (AvgIpc) is 2.49. The number of hydrogen-bond acceptors (Lipinski definition) is 2. The van der Waals surface area contributed by atoms with Crippen LogP contribution in [0.3, 0.4) is 0 Å². The zero-order valence-corrected chi connectivity index (χ0v) is 10.7. The molecule has 0 aromatic rings. The van der Waals surface area contributed by atoms with E-state index in [-0.39, 0.29) is 12.0 Å². The van der Waals surface area contributed by atoms with Crippen molar-refractivity contribution >= 4 is 5.78 Å². The van der Waals surface area contributed by atoms with Crippen molar-refractivity contribution in [3.8, 4) is 0 Å². The lowest BCUT2D eigenvalue weighted by Gasteiger charge is -2.19. The minimum Gasteiger partial charge on any atom is -0.327 e. The lowest BCUT2D eigenvalue weighted by molar-refractivity contribution is -0.123. The molecule has 2 heteroatoms. The van der Waals surface area contributed by atoms with Gasteiger partial charge in [0.15, 0.2) is 0 Å². The van der Waals surface area contributed by atoms with E-state index in [0.29, 0.717) is 5.78 Å². The van der Waals surface area contributed by atoms with Crippen molar-refractivity contribution in [2.24, 2.45) is 11.7 Å². The highest BCUT2D eigenvalue weighted by Crippen LogP contribution is 2.24. The highest BCUT2D eigenvalue weighted by molar-refractivity contribution is 5.81. The molecule has 1 fully saturated rings. The lowest BCUT2D eigenvalue weighted by atomic mass is 9.88. The Kier molecular flexibility index (Phi) is 6.70. The van der Waals surface area contributed by atoms with E-state index in [2.05, 4.69) is 6.92 Å². The summed E-state index contributed by atoms with van der Waals surface area (Å²) in [7, 11) is 0. The van der Waals surface area contributed by atoms with Gasteiger partial charge in [-0.05, 0) is 19.3 Å². The summed E-state index contributed by atoms with van der Waals surface area (Å²) in [5, 5.41) is 0. The quantitative estimate of drug-likeness (QED) is 0.556. The van der Waals surface area contributed by atoms with E-state index in [1.807, 2.05) is 0 Å². The van der Waals surface area contributed by atoms with E-state index >= 15 is 0 Å². The van der Waals surface area contributed by atoms with Gasteiger partial charge in [-0.2, -0.15) is 0 Å². The highest BCUT2D eigenvalue weighted by atomic mass is 16.1. The first-order chi connectivity index (χ1) is 7.75. The maximum atomic E-state index is 12.0. The molecule has 0 aliphatic heterocycles.